The molecule has 1 N–H and O–H groups in total. The number of piperidine rings is 1. The maximum Gasteiger partial charge on any atom is 0.308 e. The SMILES string of the molecule is CC1CC(C)CN(S(=O)(=O)N2CC(C)C(C(=O)O)C2)C1. The first kappa shape index (κ1) is 15.7. The summed E-state index contributed by atoms with van der Waals surface area (Å²) in [6, 6.07) is 0. The van der Waals surface area contributed by atoms with Gasteiger partial charge in [0.05, 0.1) is 5.92 Å². The Kier molecular flexibility index (Phi) is 4.41. The third kappa shape index (κ3) is 2.99. The van der Waals surface area contributed by atoms with Gasteiger partial charge in [0.25, 0.3) is 10.2 Å². The lowest BCUT2D eigenvalue weighted by molar-refractivity contribution is -0.142. The van der Waals surface area contributed by atoms with Gasteiger partial charge in [-0.25, -0.2) is 0 Å². The van der Waals surface area contributed by atoms with Gasteiger partial charge >= 0.3 is 5.97 Å². The number of carbonyl (C=O) groups is 1. The third-order valence-corrected chi connectivity index (χ3v) is 6.29. The lowest BCUT2D eigenvalue weighted by atomic mass is 9.94. The maximum atomic E-state index is 12.7. The lowest BCUT2D eigenvalue weighted by Crippen LogP contribution is -2.49. The molecule has 0 saturated carbocycles. The van der Waals surface area contributed by atoms with Gasteiger partial charge in [-0.1, -0.05) is 20.8 Å². The van der Waals surface area contributed by atoms with Crippen molar-refractivity contribution in [3.8, 4) is 0 Å². The van der Waals surface area contributed by atoms with Crippen molar-refractivity contribution >= 4 is 16.2 Å². The van der Waals surface area contributed by atoms with Crippen LogP contribution in [-0.2, 0) is 15.0 Å². The van der Waals surface area contributed by atoms with E-state index >= 15 is 0 Å². The first-order valence-electron chi connectivity index (χ1n) is 7.19. The predicted octanol–water partition coefficient (Wildman–Crippen LogP) is 0.862. The highest BCUT2D eigenvalue weighted by Crippen LogP contribution is 2.30. The zero-order valence-electron chi connectivity index (χ0n) is 12.3. The molecule has 4 unspecified atom stereocenters. The Morgan fingerprint density at radius 2 is 1.50 bits per heavy atom. The van der Waals surface area contributed by atoms with E-state index in [4.69, 9.17) is 5.11 Å². The van der Waals surface area contributed by atoms with Crippen LogP contribution in [0.15, 0.2) is 0 Å². The second kappa shape index (κ2) is 5.61. The van der Waals surface area contributed by atoms with Gasteiger partial charge in [0.15, 0.2) is 0 Å². The molecule has 116 valence electrons. The van der Waals surface area contributed by atoms with Gasteiger partial charge in [-0.05, 0) is 24.2 Å². The van der Waals surface area contributed by atoms with Crippen molar-refractivity contribution in [3.05, 3.63) is 0 Å². The summed E-state index contributed by atoms with van der Waals surface area (Å²) in [5.74, 6) is -0.936. The fourth-order valence-corrected chi connectivity index (χ4v) is 5.37. The van der Waals surface area contributed by atoms with E-state index in [9.17, 15) is 13.2 Å². The first-order valence-corrected chi connectivity index (χ1v) is 8.59. The van der Waals surface area contributed by atoms with Gasteiger partial charge in [-0.3, -0.25) is 4.79 Å². The Morgan fingerprint density at radius 3 is 1.95 bits per heavy atom. The van der Waals surface area contributed by atoms with E-state index in [0.29, 0.717) is 31.5 Å². The fraction of sp³-hybridized carbons (Fsp3) is 0.923. The summed E-state index contributed by atoms with van der Waals surface area (Å²) < 4.78 is 28.2. The minimum atomic E-state index is -3.52. The van der Waals surface area contributed by atoms with Gasteiger partial charge in [0, 0.05) is 26.2 Å². The van der Waals surface area contributed by atoms with Crippen molar-refractivity contribution in [2.75, 3.05) is 26.2 Å². The molecule has 0 aromatic heterocycles. The monoisotopic (exact) mass is 304 g/mol. The van der Waals surface area contributed by atoms with Gasteiger partial charge in [0.1, 0.15) is 0 Å². The molecule has 0 aromatic rings. The normalized spacial score (nSPS) is 37.1. The van der Waals surface area contributed by atoms with E-state index in [-0.39, 0.29) is 12.5 Å². The Labute approximate surface area is 120 Å². The van der Waals surface area contributed by atoms with Crippen LogP contribution in [0.1, 0.15) is 27.2 Å². The standard InChI is InChI=1S/C13H24N2O4S/c1-9-4-10(2)6-14(5-9)20(18,19)15-7-11(3)12(8-15)13(16)17/h9-12H,4-8H2,1-3H3,(H,16,17). The molecule has 20 heavy (non-hydrogen) atoms. The van der Waals surface area contributed by atoms with E-state index in [2.05, 4.69) is 13.8 Å². The van der Waals surface area contributed by atoms with Crippen molar-refractivity contribution in [2.24, 2.45) is 23.7 Å². The number of rotatable bonds is 3. The Morgan fingerprint density at radius 1 is 1.00 bits per heavy atom. The molecule has 0 amide bonds. The molecule has 0 bridgehead atoms. The number of hydrogen-bond acceptors (Lipinski definition) is 3. The average molecular weight is 304 g/mol. The van der Waals surface area contributed by atoms with Crippen molar-refractivity contribution in [1.82, 2.24) is 8.61 Å². The summed E-state index contributed by atoms with van der Waals surface area (Å²) >= 11 is 0. The molecule has 2 rings (SSSR count). The molecule has 2 saturated heterocycles. The van der Waals surface area contributed by atoms with Crippen LogP contribution in [0, 0.1) is 23.7 Å². The summed E-state index contributed by atoms with van der Waals surface area (Å²) in [4.78, 5) is 11.1. The fourth-order valence-electron chi connectivity index (χ4n) is 3.39. The second-order valence-corrected chi connectivity index (χ2v) is 8.44. The van der Waals surface area contributed by atoms with E-state index in [1.807, 2.05) is 0 Å². The summed E-state index contributed by atoms with van der Waals surface area (Å²) in [7, 11) is -3.52. The highest BCUT2D eigenvalue weighted by molar-refractivity contribution is 7.86. The van der Waals surface area contributed by atoms with E-state index < -0.39 is 22.1 Å². The van der Waals surface area contributed by atoms with Crippen LogP contribution in [0.3, 0.4) is 0 Å². The summed E-state index contributed by atoms with van der Waals surface area (Å²) in [5, 5.41) is 9.13. The molecule has 4 atom stereocenters. The van der Waals surface area contributed by atoms with Crippen LogP contribution in [0.2, 0.25) is 0 Å². The van der Waals surface area contributed by atoms with Gasteiger partial charge in [-0.2, -0.15) is 17.0 Å². The van der Waals surface area contributed by atoms with Crippen LogP contribution >= 0.6 is 0 Å². The van der Waals surface area contributed by atoms with Gasteiger partial charge in [0.2, 0.25) is 0 Å². The predicted molar refractivity (Wildman–Crippen MR) is 75.3 cm³/mol. The Hall–Kier alpha value is -0.660. The third-order valence-electron chi connectivity index (χ3n) is 4.38. The smallest absolute Gasteiger partial charge is 0.308 e. The lowest BCUT2D eigenvalue weighted by Gasteiger charge is -2.36. The highest BCUT2D eigenvalue weighted by atomic mass is 32.2. The number of nitrogens with zero attached hydrogens (tertiary/aromatic N) is 2. The first-order chi connectivity index (χ1) is 9.21. The molecule has 2 fully saturated rings. The maximum absolute atomic E-state index is 12.7. The van der Waals surface area contributed by atoms with Crippen molar-refractivity contribution in [3.63, 3.8) is 0 Å². The number of carboxylic acids is 1. The van der Waals surface area contributed by atoms with Crippen LogP contribution in [0.25, 0.3) is 0 Å². The summed E-state index contributed by atoms with van der Waals surface area (Å²) in [5.41, 5.74) is 0. The number of aliphatic carboxylic acids is 1. The van der Waals surface area contributed by atoms with Gasteiger partial charge < -0.3 is 5.11 Å². The molecule has 2 aliphatic rings. The van der Waals surface area contributed by atoms with Crippen LogP contribution in [0.5, 0.6) is 0 Å². The van der Waals surface area contributed by atoms with Crippen LogP contribution in [-0.4, -0.2) is 54.3 Å². The van der Waals surface area contributed by atoms with E-state index in [0.717, 1.165) is 6.42 Å². The minimum Gasteiger partial charge on any atom is -0.481 e. The minimum absolute atomic E-state index is 0.0953. The number of carboxylic acid groups (broad SMARTS) is 1. The van der Waals surface area contributed by atoms with Crippen molar-refractivity contribution in [1.29, 1.82) is 0 Å². The Bertz CT molecular complexity index is 469. The van der Waals surface area contributed by atoms with E-state index in [1.54, 1.807) is 6.92 Å². The average Bonchev–Trinajstić information content (AvgIpc) is 2.70. The van der Waals surface area contributed by atoms with Gasteiger partial charge in [-0.15, -0.1) is 0 Å². The van der Waals surface area contributed by atoms with E-state index in [1.165, 1.54) is 8.61 Å². The molecule has 0 aliphatic carbocycles. The molecule has 0 radical (unpaired) electrons. The second-order valence-electron chi connectivity index (χ2n) is 6.51. The molecule has 2 aliphatic heterocycles. The Balaban J connectivity index is 2.13. The molecular formula is C13H24N2O4S. The number of hydrogen-bond donors (Lipinski definition) is 1. The van der Waals surface area contributed by atoms with Crippen LogP contribution < -0.4 is 0 Å². The molecule has 0 aromatic carbocycles. The zero-order chi connectivity index (χ0) is 15.1. The molecule has 0 spiro atoms. The zero-order valence-corrected chi connectivity index (χ0v) is 13.1. The van der Waals surface area contributed by atoms with Crippen LogP contribution in [0.4, 0.5) is 0 Å². The molecular weight excluding hydrogens is 280 g/mol. The highest BCUT2D eigenvalue weighted by Gasteiger charge is 2.43. The quantitative estimate of drug-likeness (QED) is 0.839. The topological polar surface area (TPSA) is 77.9 Å². The molecule has 6 nitrogen and oxygen atoms in total. The molecule has 7 heteroatoms. The largest absolute Gasteiger partial charge is 0.481 e. The summed E-state index contributed by atoms with van der Waals surface area (Å²) in [6.07, 6.45) is 1.04. The van der Waals surface area contributed by atoms with Crippen molar-refractivity contribution < 1.29 is 18.3 Å². The molecule has 2 heterocycles. The summed E-state index contributed by atoms with van der Waals surface area (Å²) in [6.45, 7) is 7.40. The van der Waals surface area contributed by atoms with Crippen molar-refractivity contribution in [2.45, 2.75) is 27.2 Å².